The number of hydrogen-bond acceptors (Lipinski definition) is 3. The van der Waals surface area contributed by atoms with E-state index in [1.807, 2.05) is 0 Å². The Hall–Kier alpha value is -1.10. The molecule has 0 saturated carbocycles. The highest BCUT2D eigenvalue weighted by Crippen LogP contribution is 2.03. The van der Waals surface area contributed by atoms with Gasteiger partial charge in [-0.2, -0.15) is 0 Å². The first-order valence-corrected chi connectivity index (χ1v) is 5.97. The SMILES string of the molecule is CC(=O)N(C)CC(=O)N(C)CCC(N)C(C)C. The molecule has 2 N–H and O–H groups in total. The third-order valence-corrected chi connectivity index (χ3v) is 2.99. The predicted molar refractivity (Wildman–Crippen MR) is 68.4 cm³/mol. The van der Waals surface area contributed by atoms with Crippen LogP contribution < -0.4 is 5.73 Å². The van der Waals surface area contributed by atoms with Crippen LogP contribution in [0, 0.1) is 5.92 Å². The van der Waals surface area contributed by atoms with Gasteiger partial charge in [0, 0.05) is 33.6 Å². The number of carbonyl (C=O) groups excluding carboxylic acids is 2. The molecule has 0 aliphatic heterocycles. The molecule has 0 rings (SSSR count). The Kier molecular flexibility index (Phi) is 6.80. The molecular weight excluding hydrogens is 218 g/mol. The minimum absolute atomic E-state index is 0.0568. The van der Waals surface area contributed by atoms with Crippen molar-refractivity contribution >= 4 is 11.8 Å². The van der Waals surface area contributed by atoms with E-state index in [1.54, 1.807) is 19.0 Å². The molecule has 2 amide bonds. The third kappa shape index (κ3) is 6.26. The molecule has 0 aliphatic carbocycles. The Bertz CT molecular complexity index is 266. The van der Waals surface area contributed by atoms with Crippen LogP contribution in [0.3, 0.4) is 0 Å². The zero-order valence-electron chi connectivity index (χ0n) is 11.6. The first kappa shape index (κ1) is 15.9. The summed E-state index contributed by atoms with van der Waals surface area (Å²) >= 11 is 0. The quantitative estimate of drug-likeness (QED) is 0.729. The first-order valence-electron chi connectivity index (χ1n) is 5.97. The van der Waals surface area contributed by atoms with Gasteiger partial charge in [-0.25, -0.2) is 0 Å². The molecule has 0 saturated heterocycles. The van der Waals surface area contributed by atoms with Crippen LogP contribution in [0.4, 0.5) is 0 Å². The molecule has 0 bridgehead atoms. The van der Waals surface area contributed by atoms with Crippen molar-refractivity contribution in [1.82, 2.24) is 9.80 Å². The fourth-order valence-electron chi connectivity index (χ4n) is 1.24. The number of carbonyl (C=O) groups is 2. The van der Waals surface area contributed by atoms with Gasteiger partial charge >= 0.3 is 0 Å². The summed E-state index contributed by atoms with van der Waals surface area (Å²) < 4.78 is 0. The van der Waals surface area contributed by atoms with Gasteiger partial charge in [-0.3, -0.25) is 9.59 Å². The van der Waals surface area contributed by atoms with E-state index in [2.05, 4.69) is 13.8 Å². The average molecular weight is 243 g/mol. The highest BCUT2D eigenvalue weighted by atomic mass is 16.2. The summed E-state index contributed by atoms with van der Waals surface area (Å²) in [5.74, 6) is 0.252. The zero-order valence-corrected chi connectivity index (χ0v) is 11.6. The standard InChI is InChI=1S/C12H25N3O2/c1-9(2)11(13)6-7-14(4)12(17)8-15(5)10(3)16/h9,11H,6-8,13H2,1-5H3. The maximum Gasteiger partial charge on any atom is 0.241 e. The second-order valence-electron chi connectivity index (χ2n) is 4.89. The van der Waals surface area contributed by atoms with Gasteiger partial charge in [-0.05, 0) is 12.3 Å². The topological polar surface area (TPSA) is 66.6 Å². The van der Waals surface area contributed by atoms with Gasteiger partial charge in [-0.15, -0.1) is 0 Å². The Balaban J connectivity index is 4.02. The normalized spacial score (nSPS) is 12.4. The number of hydrogen-bond donors (Lipinski definition) is 1. The number of rotatable bonds is 6. The Morgan fingerprint density at radius 1 is 1.18 bits per heavy atom. The fraction of sp³-hybridized carbons (Fsp3) is 0.833. The summed E-state index contributed by atoms with van der Waals surface area (Å²) in [5.41, 5.74) is 5.91. The molecule has 0 aliphatic rings. The van der Waals surface area contributed by atoms with Crippen molar-refractivity contribution in [2.45, 2.75) is 33.2 Å². The molecule has 1 unspecified atom stereocenters. The summed E-state index contributed by atoms with van der Waals surface area (Å²) in [4.78, 5) is 25.8. The summed E-state index contributed by atoms with van der Waals surface area (Å²) in [6.07, 6.45) is 0.781. The predicted octanol–water partition coefficient (Wildman–Crippen LogP) is 0.297. The van der Waals surface area contributed by atoms with Crippen LogP contribution in [-0.2, 0) is 9.59 Å². The minimum Gasteiger partial charge on any atom is -0.344 e. The molecule has 0 aromatic heterocycles. The monoisotopic (exact) mass is 243 g/mol. The van der Waals surface area contributed by atoms with Crippen molar-refractivity contribution in [2.24, 2.45) is 11.7 Å². The van der Waals surface area contributed by atoms with E-state index in [0.717, 1.165) is 6.42 Å². The molecule has 0 heterocycles. The van der Waals surface area contributed by atoms with Crippen molar-refractivity contribution in [3.8, 4) is 0 Å². The number of nitrogens with two attached hydrogens (primary N) is 1. The van der Waals surface area contributed by atoms with Gasteiger partial charge in [-0.1, -0.05) is 13.8 Å². The van der Waals surface area contributed by atoms with Gasteiger partial charge in [0.25, 0.3) is 0 Å². The molecule has 17 heavy (non-hydrogen) atoms. The molecule has 1 atom stereocenters. The molecule has 5 heteroatoms. The second kappa shape index (κ2) is 7.27. The van der Waals surface area contributed by atoms with Crippen LogP contribution in [0.25, 0.3) is 0 Å². The van der Waals surface area contributed by atoms with Crippen LogP contribution in [0.5, 0.6) is 0 Å². The van der Waals surface area contributed by atoms with Crippen LogP contribution in [0.15, 0.2) is 0 Å². The number of amides is 2. The largest absolute Gasteiger partial charge is 0.344 e. The van der Waals surface area contributed by atoms with Crippen LogP contribution in [0.2, 0.25) is 0 Å². The van der Waals surface area contributed by atoms with Gasteiger partial charge in [0.05, 0.1) is 6.54 Å². The summed E-state index contributed by atoms with van der Waals surface area (Å²) in [7, 11) is 3.36. The molecule has 0 spiro atoms. The lowest BCUT2D eigenvalue weighted by atomic mass is 10.0. The minimum atomic E-state index is -0.106. The van der Waals surface area contributed by atoms with E-state index in [1.165, 1.54) is 11.8 Å². The zero-order chi connectivity index (χ0) is 13.6. The number of nitrogens with zero attached hydrogens (tertiary/aromatic N) is 2. The van der Waals surface area contributed by atoms with Crippen molar-refractivity contribution in [3.05, 3.63) is 0 Å². The summed E-state index contributed by atoms with van der Waals surface area (Å²) in [6.45, 7) is 6.33. The van der Waals surface area contributed by atoms with E-state index in [-0.39, 0.29) is 24.4 Å². The molecule has 0 fully saturated rings. The van der Waals surface area contributed by atoms with Gasteiger partial charge in [0.15, 0.2) is 0 Å². The van der Waals surface area contributed by atoms with E-state index in [0.29, 0.717) is 12.5 Å². The fourth-order valence-corrected chi connectivity index (χ4v) is 1.24. The van der Waals surface area contributed by atoms with Gasteiger partial charge in [0.1, 0.15) is 0 Å². The summed E-state index contributed by atoms with van der Waals surface area (Å²) in [6, 6.07) is 0.107. The Morgan fingerprint density at radius 2 is 1.71 bits per heavy atom. The lowest BCUT2D eigenvalue weighted by Gasteiger charge is -2.23. The van der Waals surface area contributed by atoms with Crippen molar-refractivity contribution in [2.75, 3.05) is 27.2 Å². The highest BCUT2D eigenvalue weighted by molar-refractivity contribution is 5.83. The van der Waals surface area contributed by atoms with Gasteiger partial charge < -0.3 is 15.5 Å². The first-order chi connectivity index (χ1) is 7.75. The third-order valence-electron chi connectivity index (χ3n) is 2.99. The molecule has 0 aromatic carbocycles. The van der Waals surface area contributed by atoms with Crippen LogP contribution in [0.1, 0.15) is 27.2 Å². The lowest BCUT2D eigenvalue weighted by Crippen LogP contribution is -2.40. The average Bonchev–Trinajstić information content (AvgIpc) is 2.24. The Labute approximate surface area is 104 Å². The van der Waals surface area contributed by atoms with E-state index in [9.17, 15) is 9.59 Å². The van der Waals surface area contributed by atoms with Crippen molar-refractivity contribution in [1.29, 1.82) is 0 Å². The maximum atomic E-state index is 11.7. The van der Waals surface area contributed by atoms with Crippen molar-refractivity contribution < 1.29 is 9.59 Å². The summed E-state index contributed by atoms with van der Waals surface area (Å²) in [5, 5.41) is 0. The lowest BCUT2D eigenvalue weighted by molar-refractivity contribution is -0.137. The molecule has 0 radical (unpaired) electrons. The smallest absolute Gasteiger partial charge is 0.241 e. The van der Waals surface area contributed by atoms with Gasteiger partial charge in [0.2, 0.25) is 11.8 Å². The number of likely N-dealkylation sites (N-methyl/N-ethyl adjacent to an activating group) is 2. The molecule has 100 valence electrons. The molecule has 0 aromatic rings. The highest BCUT2D eigenvalue weighted by Gasteiger charge is 2.15. The maximum absolute atomic E-state index is 11.7. The Morgan fingerprint density at radius 3 is 2.12 bits per heavy atom. The second-order valence-corrected chi connectivity index (χ2v) is 4.89. The molecular formula is C12H25N3O2. The molecule has 5 nitrogen and oxygen atoms in total. The van der Waals surface area contributed by atoms with Crippen molar-refractivity contribution in [3.63, 3.8) is 0 Å². The van der Waals surface area contributed by atoms with E-state index >= 15 is 0 Å². The van der Waals surface area contributed by atoms with E-state index < -0.39 is 0 Å². The van der Waals surface area contributed by atoms with Crippen LogP contribution in [-0.4, -0.2) is 54.8 Å². The van der Waals surface area contributed by atoms with Crippen LogP contribution >= 0.6 is 0 Å². The van der Waals surface area contributed by atoms with E-state index in [4.69, 9.17) is 5.73 Å².